The van der Waals surface area contributed by atoms with Crippen LogP contribution in [0.4, 0.5) is 0 Å². The molecule has 0 N–H and O–H groups in total. The predicted molar refractivity (Wildman–Crippen MR) is 99.0 cm³/mol. The number of aryl methyl sites for hydroxylation is 1. The van der Waals surface area contributed by atoms with Crippen molar-refractivity contribution in [2.75, 3.05) is 7.11 Å². The average molecular weight is 363 g/mol. The van der Waals surface area contributed by atoms with E-state index in [1.807, 2.05) is 41.3 Å². The van der Waals surface area contributed by atoms with Crippen LogP contribution in [0.25, 0.3) is 0 Å². The summed E-state index contributed by atoms with van der Waals surface area (Å²) in [5.41, 5.74) is 3.94. The van der Waals surface area contributed by atoms with Crippen molar-refractivity contribution >= 4 is 5.91 Å². The lowest BCUT2D eigenvalue weighted by atomic mass is 9.93. The number of fused-ring (bicyclic) bond motifs is 1. The standard InChI is InChI=1S/C21H21N3O3/c1-14-22-23-20(27-14)19-11-16-7-3-4-8-18(16)12-24(19)21(25)17-9-5-6-15(10-17)13-26-2/h3-10,19H,11-13H2,1-2H3/t19-/m1/s1. The van der Waals surface area contributed by atoms with Gasteiger partial charge in [-0.25, -0.2) is 0 Å². The van der Waals surface area contributed by atoms with Crippen molar-refractivity contribution < 1.29 is 13.9 Å². The Morgan fingerprint density at radius 3 is 2.74 bits per heavy atom. The Labute approximate surface area is 157 Å². The summed E-state index contributed by atoms with van der Waals surface area (Å²) in [7, 11) is 1.64. The van der Waals surface area contributed by atoms with Gasteiger partial charge < -0.3 is 14.1 Å². The van der Waals surface area contributed by atoms with Crippen molar-refractivity contribution in [3.05, 3.63) is 82.6 Å². The molecule has 0 fully saturated rings. The molecule has 1 amide bonds. The Kier molecular flexibility index (Phi) is 4.73. The molecule has 6 heteroatoms. The number of hydrogen-bond donors (Lipinski definition) is 0. The van der Waals surface area contributed by atoms with E-state index in [9.17, 15) is 4.79 Å². The van der Waals surface area contributed by atoms with Crippen molar-refractivity contribution in [3.8, 4) is 0 Å². The zero-order valence-electron chi connectivity index (χ0n) is 15.4. The van der Waals surface area contributed by atoms with Gasteiger partial charge >= 0.3 is 0 Å². The van der Waals surface area contributed by atoms with Gasteiger partial charge in [0.25, 0.3) is 5.91 Å². The van der Waals surface area contributed by atoms with Crippen molar-refractivity contribution in [2.24, 2.45) is 0 Å². The third-order valence-electron chi connectivity index (χ3n) is 4.82. The number of carbonyl (C=O) groups is 1. The highest BCUT2D eigenvalue weighted by Gasteiger charge is 2.34. The maximum absolute atomic E-state index is 13.4. The van der Waals surface area contributed by atoms with Crippen molar-refractivity contribution in [3.63, 3.8) is 0 Å². The zero-order valence-corrected chi connectivity index (χ0v) is 15.4. The molecule has 1 atom stereocenters. The van der Waals surface area contributed by atoms with Crippen LogP contribution in [0.2, 0.25) is 0 Å². The molecule has 0 spiro atoms. The molecule has 3 aromatic rings. The molecule has 4 rings (SSSR count). The van der Waals surface area contributed by atoms with E-state index in [0.717, 1.165) is 11.1 Å². The van der Waals surface area contributed by atoms with Gasteiger partial charge in [-0.05, 0) is 28.8 Å². The number of carbonyl (C=O) groups excluding carboxylic acids is 1. The molecular weight excluding hydrogens is 342 g/mol. The predicted octanol–water partition coefficient (Wildman–Crippen LogP) is 3.46. The number of amides is 1. The summed E-state index contributed by atoms with van der Waals surface area (Å²) in [5.74, 6) is 0.921. The fourth-order valence-electron chi connectivity index (χ4n) is 3.53. The molecule has 0 aliphatic carbocycles. The maximum atomic E-state index is 13.4. The summed E-state index contributed by atoms with van der Waals surface area (Å²) in [6.45, 7) is 2.74. The molecule has 1 aromatic heterocycles. The lowest BCUT2D eigenvalue weighted by Gasteiger charge is -2.35. The van der Waals surface area contributed by atoms with Gasteiger partial charge in [-0.15, -0.1) is 10.2 Å². The van der Waals surface area contributed by atoms with Crippen molar-refractivity contribution in [1.82, 2.24) is 15.1 Å². The highest BCUT2D eigenvalue weighted by molar-refractivity contribution is 5.94. The molecule has 6 nitrogen and oxygen atoms in total. The number of hydrogen-bond acceptors (Lipinski definition) is 5. The first-order valence-electron chi connectivity index (χ1n) is 8.91. The number of aromatic nitrogens is 2. The van der Waals surface area contributed by atoms with Crippen LogP contribution in [0.1, 0.15) is 44.9 Å². The molecule has 0 bridgehead atoms. The molecule has 2 aromatic carbocycles. The first-order chi connectivity index (χ1) is 13.2. The Balaban J connectivity index is 1.71. The van der Waals surface area contributed by atoms with Gasteiger partial charge in [0, 0.05) is 32.6 Å². The van der Waals surface area contributed by atoms with E-state index in [-0.39, 0.29) is 11.9 Å². The quantitative estimate of drug-likeness (QED) is 0.710. The van der Waals surface area contributed by atoms with E-state index in [4.69, 9.17) is 9.15 Å². The van der Waals surface area contributed by atoms with Gasteiger partial charge in [0.1, 0.15) is 6.04 Å². The Hall–Kier alpha value is -2.99. The van der Waals surface area contributed by atoms with Crippen LogP contribution < -0.4 is 0 Å². The topological polar surface area (TPSA) is 68.5 Å². The van der Waals surface area contributed by atoms with Gasteiger partial charge in [0.05, 0.1) is 6.61 Å². The summed E-state index contributed by atoms with van der Waals surface area (Å²) >= 11 is 0. The molecule has 0 unspecified atom stereocenters. The normalized spacial score (nSPS) is 16.2. The number of ether oxygens (including phenoxy) is 1. The highest BCUT2D eigenvalue weighted by Crippen LogP contribution is 2.33. The molecule has 0 saturated heterocycles. The number of benzene rings is 2. The van der Waals surface area contributed by atoms with Crippen LogP contribution in [-0.4, -0.2) is 28.1 Å². The second-order valence-electron chi connectivity index (χ2n) is 6.71. The minimum Gasteiger partial charge on any atom is -0.423 e. The Bertz CT molecular complexity index is 967. The second kappa shape index (κ2) is 7.32. The van der Waals surface area contributed by atoms with E-state index in [2.05, 4.69) is 22.3 Å². The summed E-state index contributed by atoms with van der Waals surface area (Å²) in [4.78, 5) is 15.2. The van der Waals surface area contributed by atoms with Gasteiger partial charge in [-0.1, -0.05) is 36.4 Å². The van der Waals surface area contributed by atoms with Gasteiger partial charge in [-0.2, -0.15) is 0 Å². The Morgan fingerprint density at radius 2 is 2.00 bits per heavy atom. The van der Waals surface area contributed by atoms with E-state index < -0.39 is 0 Å². The van der Waals surface area contributed by atoms with E-state index in [0.29, 0.717) is 36.9 Å². The summed E-state index contributed by atoms with van der Waals surface area (Å²) in [6.07, 6.45) is 0.654. The SMILES string of the molecule is COCc1cccc(C(=O)N2Cc3ccccc3C[C@@H]2c2nnc(C)o2)c1. The van der Waals surface area contributed by atoms with Crippen LogP contribution in [0.5, 0.6) is 0 Å². The molecule has 0 radical (unpaired) electrons. The smallest absolute Gasteiger partial charge is 0.254 e. The molecule has 1 aliphatic rings. The van der Waals surface area contributed by atoms with Crippen molar-refractivity contribution in [1.29, 1.82) is 0 Å². The van der Waals surface area contributed by atoms with Gasteiger partial charge in [0.2, 0.25) is 11.8 Å². The summed E-state index contributed by atoms with van der Waals surface area (Å²) in [6, 6.07) is 15.4. The number of methoxy groups -OCH3 is 1. The van der Waals surface area contributed by atoms with Crippen LogP contribution >= 0.6 is 0 Å². The minimum atomic E-state index is -0.278. The minimum absolute atomic E-state index is 0.0525. The first-order valence-corrected chi connectivity index (χ1v) is 8.91. The van der Waals surface area contributed by atoms with Gasteiger partial charge in [-0.3, -0.25) is 4.79 Å². The van der Waals surface area contributed by atoms with Crippen molar-refractivity contribution in [2.45, 2.75) is 32.5 Å². The lowest BCUT2D eigenvalue weighted by molar-refractivity contribution is 0.0602. The Morgan fingerprint density at radius 1 is 1.19 bits per heavy atom. The van der Waals surface area contributed by atoms with E-state index in [1.165, 1.54) is 5.56 Å². The average Bonchev–Trinajstić information content (AvgIpc) is 3.13. The number of rotatable bonds is 4. The second-order valence-corrected chi connectivity index (χ2v) is 6.71. The molecule has 0 saturated carbocycles. The molecule has 2 heterocycles. The fourth-order valence-corrected chi connectivity index (χ4v) is 3.53. The van der Waals surface area contributed by atoms with Crippen LogP contribution in [0, 0.1) is 6.92 Å². The molecule has 138 valence electrons. The largest absolute Gasteiger partial charge is 0.423 e. The maximum Gasteiger partial charge on any atom is 0.254 e. The zero-order chi connectivity index (χ0) is 18.8. The fraction of sp³-hybridized carbons (Fsp3) is 0.286. The highest BCUT2D eigenvalue weighted by atomic mass is 16.5. The van der Waals surface area contributed by atoms with E-state index in [1.54, 1.807) is 14.0 Å². The summed E-state index contributed by atoms with van der Waals surface area (Å²) < 4.78 is 10.9. The summed E-state index contributed by atoms with van der Waals surface area (Å²) in [5, 5.41) is 8.14. The monoisotopic (exact) mass is 363 g/mol. The van der Waals surface area contributed by atoms with Crippen LogP contribution in [-0.2, 0) is 24.3 Å². The van der Waals surface area contributed by atoms with Gasteiger partial charge in [0.15, 0.2) is 0 Å². The third-order valence-corrected chi connectivity index (χ3v) is 4.82. The molecular formula is C21H21N3O3. The van der Waals surface area contributed by atoms with E-state index >= 15 is 0 Å². The third kappa shape index (κ3) is 3.48. The first kappa shape index (κ1) is 17.4. The van der Waals surface area contributed by atoms with Crippen LogP contribution in [0.3, 0.4) is 0 Å². The number of nitrogens with zero attached hydrogens (tertiary/aromatic N) is 3. The molecule has 27 heavy (non-hydrogen) atoms. The molecule has 1 aliphatic heterocycles. The van der Waals surface area contributed by atoms with Crippen LogP contribution in [0.15, 0.2) is 52.9 Å². The lowest BCUT2D eigenvalue weighted by Crippen LogP contribution is -2.39.